The molecule has 4 N–H and O–H groups in total. The van der Waals surface area contributed by atoms with Crippen LogP contribution in [0.4, 0.5) is 11.5 Å². The van der Waals surface area contributed by atoms with Gasteiger partial charge in [0.2, 0.25) is 0 Å². The molecule has 6 heteroatoms. The Bertz CT molecular complexity index is 497. The number of nitrogens with two attached hydrogens (primary N) is 1. The highest BCUT2D eigenvalue weighted by Gasteiger charge is 2.34. The minimum absolute atomic E-state index is 0.0259. The van der Waals surface area contributed by atoms with E-state index in [0.717, 1.165) is 6.54 Å². The molecule has 1 aromatic heterocycles. The zero-order chi connectivity index (χ0) is 13.4. The number of pyridine rings is 1. The molecule has 6 nitrogen and oxygen atoms in total. The summed E-state index contributed by atoms with van der Waals surface area (Å²) in [6.07, 6.45) is 2.38. The third kappa shape index (κ3) is 2.35. The Hall–Kier alpha value is -1.82. The maximum atomic E-state index is 10.9. The molecule has 0 aromatic carbocycles. The second-order valence-electron chi connectivity index (χ2n) is 5.33. The lowest BCUT2D eigenvalue weighted by Gasteiger charge is -2.45. The third-order valence-corrected chi connectivity index (χ3v) is 4.12. The first-order valence-electron chi connectivity index (χ1n) is 6.62. The zero-order valence-corrected chi connectivity index (χ0v) is 10.7. The van der Waals surface area contributed by atoms with Gasteiger partial charge in [0.15, 0.2) is 5.69 Å². The van der Waals surface area contributed by atoms with Crippen LogP contribution in [0.1, 0.15) is 23.3 Å². The molecule has 0 aliphatic carbocycles. The summed E-state index contributed by atoms with van der Waals surface area (Å²) in [6.45, 7) is 3.32. The van der Waals surface area contributed by atoms with Crippen LogP contribution < -0.4 is 11.1 Å². The number of aromatic carboxylic acids is 1. The smallest absolute Gasteiger partial charge is 0.354 e. The van der Waals surface area contributed by atoms with Gasteiger partial charge in [-0.1, -0.05) is 0 Å². The maximum absolute atomic E-state index is 10.9. The van der Waals surface area contributed by atoms with Crippen molar-refractivity contribution < 1.29 is 9.90 Å². The molecule has 19 heavy (non-hydrogen) atoms. The highest BCUT2D eigenvalue weighted by Crippen LogP contribution is 2.30. The standard InChI is InChI=1S/C13H18N4O2/c14-9-1-2-10(13(18)19)15-12(9)16-11-7-17-5-3-8(11)4-6-17/h1-2,8,11H,3-7,14H2,(H,15,16)(H,18,19). The second-order valence-corrected chi connectivity index (χ2v) is 5.33. The van der Waals surface area contributed by atoms with E-state index in [1.165, 1.54) is 32.0 Å². The van der Waals surface area contributed by atoms with E-state index in [4.69, 9.17) is 10.8 Å². The van der Waals surface area contributed by atoms with Crippen molar-refractivity contribution in [2.24, 2.45) is 5.92 Å². The van der Waals surface area contributed by atoms with Gasteiger partial charge in [-0.3, -0.25) is 0 Å². The number of rotatable bonds is 3. The zero-order valence-electron chi connectivity index (χ0n) is 10.7. The van der Waals surface area contributed by atoms with Gasteiger partial charge in [-0.25, -0.2) is 9.78 Å². The van der Waals surface area contributed by atoms with Crippen molar-refractivity contribution in [2.75, 3.05) is 30.7 Å². The van der Waals surface area contributed by atoms with Crippen LogP contribution in [0.5, 0.6) is 0 Å². The fourth-order valence-corrected chi connectivity index (χ4v) is 3.01. The first kappa shape index (κ1) is 12.2. The molecule has 0 saturated carbocycles. The van der Waals surface area contributed by atoms with Crippen LogP contribution in [0.2, 0.25) is 0 Å². The van der Waals surface area contributed by atoms with Crippen LogP contribution in [-0.2, 0) is 0 Å². The summed E-state index contributed by atoms with van der Waals surface area (Å²) in [5.74, 6) is 0.107. The minimum atomic E-state index is -1.03. The van der Waals surface area contributed by atoms with E-state index >= 15 is 0 Å². The molecule has 0 spiro atoms. The van der Waals surface area contributed by atoms with Crippen LogP contribution in [0.25, 0.3) is 0 Å². The van der Waals surface area contributed by atoms with E-state index < -0.39 is 5.97 Å². The number of hydrogen-bond acceptors (Lipinski definition) is 5. The normalized spacial score (nSPS) is 29.2. The molecule has 0 amide bonds. The van der Waals surface area contributed by atoms with Gasteiger partial charge in [-0.15, -0.1) is 0 Å². The van der Waals surface area contributed by atoms with Crippen LogP contribution in [0.15, 0.2) is 12.1 Å². The van der Waals surface area contributed by atoms with Crippen LogP contribution >= 0.6 is 0 Å². The topological polar surface area (TPSA) is 91.5 Å². The Balaban J connectivity index is 1.79. The molecule has 0 radical (unpaired) electrons. The van der Waals surface area contributed by atoms with Crippen LogP contribution in [-0.4, -0.2) is 46.6 Å². The summed E-state index contributed by atoms with van der Waals surface area (Å²) < 4.78 is 0. The Labute approximate surface area is 111 Å². The van der Waals surface area contributed by atoms with Gasteiger partial charge < -0.3 is 21.1 Å². The van der Waals surface area contributed by atoms with E-state index in [1.807, 2.05) is 0 Å². The number of fused-ring (bicyclic) bond motifs is 3. The number of nitrogen functional groups attached to an aromatic ring is 1. The molecule has 1 aromatic rings. The summed E-state index contributed by atoms with van der Waals surface area (Å²) >= 11 is 0. The molecule has 3 fully saturated rings. The van der Waals surface area contributed by atoms with Gasteiger partial charge in [0, 0.05) is 12.6 Å². The van der Waals surface area contributed by atoms with Gasteiger partial charge >= 0.3 is 5.97 Å². The predicted octanol–water partition coefficient (Wildman–Crippen LogP) is 0.868. The first-order chi connectivity index (χ1) is 9.13. The molecule has 2 bridgehead atoms. The lowest BCUT2D eigenvalue weighted by molar-refractivity contribution is 0.0690. The molecule has 3 aliphatic heterocycles. The lowest BCUT2D eigenvalue weighted by Crippen LogP contribution is -2.53. The Kier molecular flexibility index (Phi) is 3.02. The van der Waals surface area contributed by atoms with E-state index in [9.17, 15) is 4.79 Å². The Morgan fingerprint density at radius 2 is 2.16 bits per heavy atom. The average molecular weight is 262 g/mol. The molecule has 3 saturated heterocycles. The highest BCUT2D eigenvalue weighted by molar-refractivity contribution is 5.86. The summed E-state index contributed by atoms with van der Waals surface area (Å²) in [5.41, 5.74) is 6.40. The molecule has 102 valence electrons. The van der Waals surface area contributed by atoms with Crippen molar-refractivity contribution in [1.29, 1.82) is 0 Å². The lowest BCUT2D eigenvalue weighted by atomic mass is 9.84. The number of anilines is 2. The van der Waals surface area contributed by atoms with Crippen molar-refractivity contribution in [3.05, 3.63) is 17.8 Å². The highest BCUT2D eigenvalue weighted by atomic mass is 16.4. The molecule has 1 atom stereocenters. The van der Waals surface area contributed by atoms with Crippen molar-refractivity contribution in [3.8, 4) is 0 Å². The van der Waals surface area contributed by atoms with Gasteiger partial charge in [-0.2, -0.15) is 0 Å². The van der Waals surface area contributed by atoms with Gasteiger partial charge in [0.05, 0.1) is 5.69 Å². The van der Waals surface area contributed by atoms with Crippen molar-refractivity contribution in [1.82, 2.24) is 9.88 Å². The first-order valence-corrected chi connectivity index (χ1v) is 6.62. The number of nitrogens with zero attached hydrogens (tertiary/aromatic N) is 2. The largest absolute Gasteiger partial charge is 0.477 e. The number of nitrogens with one attached hydrogen (secondary N) is 1. The summed E-state index contributed by atoms with van der Waals surface area (Å²) in [6, 6.07) is 3.35. The monoisotopic (exact) mass is 262 g/mol. The fourth-order valence-electron chi connectivity index (χ4n) is 3.01. The number of carboxylic acid groups (broad SMARTS) is 1. The van der Waals surface area contributed by atoms with E-state index in [2.05, 4.69) is 15.2 Å². The number of carbonyl (C=O) groups is 1. The van der Waals surface area contributed by atoms with Gasteiger partial charge in [-0.05, 0) is 44.0 Å². The Morgan fingerprint density at radius 3 is 2.74 bits per heavy atom. The van der Waals surface area contributed by atoms with Crippen molar-refractivity contribution in [3.63, 3.8) is 0 Å². The molecular weight excluding hydrogens is 244 g/mol. The van der Waals surface area contributed by atoms with Crippen LogP contribution in [0, 0.1) is 5.92 Å². The summed E-state index contributed by atoms with van der Waals surface area (Å²) in [5, 5.41) is 12.3. The molecule has 1 unspecified atom stereocenters. The number of hydrogen-bond donors (Lipinski definition) is 3. The number of piperidine rings is 3. The number of carboxylic acids is 1. The van der Waals surface area contributed by atoms with Gasteiger partial charge in [0.1, 0.15) is 5.82 Å². The fraction of sp³-hybridized carbons (Fsp3) is 0.538. The molecule has 3 aliphatic rings. The quantitative estimate of drug-likeness (QED) is 0.748. The third-order valence-electron chi connectivity index (χ3n) is 4.12. The van der Waals surface area contributed by atoms with E-state index in [-0.39, 0.29) is 5.69 Å². The van der Waals surface area contributed by atoms with E-state index in [0.29, 0.717) is 23.5 Å². The summed E-state index contributed by atoms with van der Waals surface area (Å²) in [7, 11) is 0. The predicted molar refractivity (Wildman–Crippen MR) is 72.2 cm³/mol. The van der Waals surface area contributed by atoms with E-state index in [1.54, 1.807) is 6.07 Å². The summed E-state index contributed by atoms with van der Waals surface area (Å²) in [4.78, 5) is 17.5. The van der Waals surface area contributed by atoms with Crippen molar-refractivity contribution >= 4 is 17.5 Å². The average Bonchev–Trinajstić information content (AvgIpc) is 2.42. The molecular formula is C13H18N4O2. The van der Waals surface area contributed by atoms with Gasteiger partial charge in [0.25, 0.3) is 0 Å². The molecule has 4 heterocycles. The molecule has 4 rings (SSSR count). The Morgan fingerprint density at radius 1 is 1.42 bits per heavy atom. The van der Waals surface area contributed by atoms with Crippen molar-refractivity contribution in [2.45, 2.75) is 18.9 Å². The number of aromatic nitrogens is 1. The maximum Gasteiger partial charge on any atom is 0.354 e. The second kappa shape index (κ2) is 4.70. The minimum Gasteiger partial charge on any atom is -0.477 e. The SMILES string of the molecule is Nc1ccc(C(=O)O)nc1NC1CN2CCC1CC2. The van der Waals surface area contributed by atoms with Crippen LogP contribution in [0.3, 0.4) is 0 Å².